The Morgan fingerprint density at radius 1 is 1.12 bits per heavy atom. The Morgan fingerprint density at radius 2 is 1.83 bits per heavy atom. The van der Waals surface area contributed by atoms with Crippen molar-refractivity contribution in [3.8, 4) is 11.5 Å². The van der Waals surface area contributed by atoms with Crippen molar-refractivity contribution in [3.63, 3.8) is 0 Å². The number of hydrogen-bond acceptors (Lipinski definition) is 5. The minimum absolute atomic E-state index is 0.262. The molecule has 2 aromatic carbocycles. The average molecular weight is 328 g/mol. The summed E-state index contributed by atoms with van der Waals surface area (Å²) in [6.45, 7) is 3.19. The monoisotopic (exact) mass is 328 g/mol. The van der Waals surface area contributed by atoms with Gasteiger partial charge >= 0.3 is 5.97 Å². The van der Waals surface area contributed by atoms with Crippen LogP contribution in [-0.4, -0.2) is 26.0 Å². The molecule has 0 atom stereocenters. The number of nitrogens with zero attached hydrogens (tertiary/aromatic N) is 1. The van der Waals surface area contributed by atoms with Gasteiger partial charge in [0.05, 0.1) is 24.0 Å². The zero-order valence-electron chi connectivity index (χ0n) is 14.1. The van der Waals surface area contributed by atoms with Crippen LogP contribution in [0.5, 0.6) is 11.5 Å². The number of aryl methyl sites for hydroxylation is 1. The highest BCUT2D eigenvalue weighted by molar-refractivity contribution is 6.10. The number of amides is 1. The van der Waals surface area contributed by atoms with Crippen LogP contribution >= 0.6 is 0 Å². The lowest BCUT2D eigenvalue weighted by atomic mass is 10.1. The molecule has 0 saturated heterocycles. The van der Waals surface area contributed by atoms with Crippen molar-refractivity contribution in [2.45, 2.75) is 13.8 Å². The number of para-hydroxylation sites is 1. The van der Waals surface area contributed by atoms with Crippen molar-refractivity contribution in [3.05, 3.63) is 47.5 Å². The summed E-state index contributed by atoms with van der Waals surface area (Å²) in [4.78, 5) is 25.5. The molecule has 0 aromatic heterocycles. The summed E-state index contributed by atoms with van der Waals surface area (Å²) in [7, 11) is 3.08. The summed E-state index contributed by atoms with van der Waals surface area (Å²) in [6.07, 6.45) is 0. The third-order valence-corrected chi connectivity index (χ3v) is 3.55. The minimum atomic E-state index is -0.455. The molecule has 1 amide bonds. The van der Waals surface area contributed by atoms with Crippen LogP contribution in [0.15, 0.2) is 36.4 Å². The van der Waals surface area contributed by atoms with E-state index in [0.29, 0.717) is 22.7 Å². The number of benzene rings is 2. The molecule has 2 aromatic rings. The van der Waals surface area contributed by atoms with Crippen molar-refractivity contribution < 1.29 is 19.1 Å². The van der Waals surface area contributed by atoms with Crippen molar-refractivity contribution in [1.29, 1.82) is 0 Å². The van der Waals surface area contributed by atoms with Crippen LogP contribution in [-0.2, 0) is 4.79 Å². The number of rotatable bonds is 4. The molecule has 6 heteroatoms. The number of esters is 1. The zero-order chi connectivity index (χ0) is 17.9. The molecule has 0 spiro atoms. The Bertz CT molecular complexity index is 787. The van der Waals surface area contributed by atoms with E-state index in [0.717, 1.165) is 5.56 Å². The van der Waals surface area contributed by atoms with Gasteiger partial charge in [0.1, 0.15) is 5.75 Å². The first-order valence-electron chi connectivity index (χ1n) is 7.34. The molecule has 0 aliphatic carbocycles. The molecular formula is C18H20N2O4. The maximum absolute atomic E-state index is 12.8. The molecule has 0 radical (unpaired) electrons. The molecule has 2 rings (SSSR count). The third-order valence-electron chi connectivity index (χ3n) is 3.55. The highest BCUT2D eigenvalue weighted by Crippen LogP contribution is 2.32. The van der Waals surface area contributed by atoms with Crippen molar-refractivity contribution >= 4 is 23.3 Å². The molecule has 0 fully saturated rings. The quantitative estimate of drug-likeness (QED) is 0.530. The second kappa shape index (κ2) is 7.04. The molecule has 0 bridgehead atoms. The number of carbonyl (C=O) groups is 2. The standard InChI is InChI=1S/C18H20N2O4/c1-11-8-9-14(16(10-11)24-12(2)21)20(3)18(22)13-6-5-7-15(23-4)17(13)19/h5-10H,19H2,1-4H3. The summed E-state index contributed by atoms with van der Waals surface area (Å²) in [5.74, 6) is -0.0366. The molecule has 0 aliphatic heterocycles. The van der Waals surface area contributed by atoms with Gasteiger partial charge in [-0.1, -0.05) is 12.1 Å². The van der Waals surface area contributed by atoms with Gasteiger partial charge in [-0.15, -0.1) is 0 Å². The molecule has 6 nitrogen and oxygen atoms in total. The summed E-state index contributed by atoms with van der Waals surface area (Å²) in [5, 5.41) is 0. The van der Waals surface area contributed by atoms with Crippen LogP contribution in [0.1, 0.15) is 22.8 Å². The number of nitrogen functional groups attached to an aromatic ring is 1. The molecule has 0 saturated carbocycles. The number of ether oxygens (including phenoxy) is 2. The van der Waals surface area contributed by atoms with Crippen LogP contribution in [0, 0.1) is 6.92 Å². The molecular weight excluding hydrogens is 308 g/mol. The van der Waals surface area contributed by atoms with E-state index >= 15 is 0 Å². The number of hydrogen-bond donors (Lipinski definition) is 1. The van der Waals surface area contributed by atoms with E-state index in [1.165, 1.54) is 18.9 Å². The summed E-state index contributed by atoms with van der Waals surface area (Å²) < 4.78 is 10.4. The van der Waals surface area contributed by atoms with Crippen LogP contribution in [0.4, 0.5) is 11.4 Å². The zero-order valence-corrected chi connectivity index (χ0v) is 14.1. The van der Waals surface area contributed by atoms with Gasteiger partial charge in [0.25, 0.3) is 5.91 Å². The van der Waals surface area contributed by atoms with Gasteiger partial charge in [0.15, 0.2) is 5.75 Å². The van der Waals surface area contributed by atoms with Crippen LogP contribution in [0.3, 0.4) is 0 Å². The Morgan fingerprint density at radius 3 is 2.46 bits per heavy atom. The molecule has 126 valence electrons. The number of methoxy groups -OCH3 is 1. The minimum Gasteiger partial charge on any atom is -0.495 e. The largest absolute Gasteiger partial charge is 0.495 e. The molecule has 0 aliphatic rings. The maximum atomic E-state index is 12.8. The second-order valence-corrected chi connectivity index (χ2v) is 5.35. The first kappa shape index (κ1) is 17.3. The van der Waals surface area contributed by atoms with Gasteiger partial charge in [-0.2, -0.15) is 0 Å². The van der Waals surface area contributed by atoms with Crippen LogP contribution < -0.4 is 20.1 Å². The normalized spacial score (nSPS) is 10.2. The SMILES string of the molecule is COc1cccc(C(=O)N(C)c2ccc(C)cc2OC(C)=O)c1N. The summed E-state index contributed by atoms with van der Waals surface area (Å²) in [6, 6.07) is 10.3. The molecule has 24 heavy (non-hydrogen) atoms. The van der Waals surface area contributed by atoms with Crippen LogP contribution in [0.25, 0.3) is 0 Å². The average Bonchev–Trinajstić information content (AvgIpc) is 2.53. The lowest BCUT2D eigenvalue weighted by Gasteiger charge is -2.21. The number of carbonyl (C=O) groups excluding carboxylic acids is 2. The van der Waals surface area contributed by atoms with E-state index in [9.17, 15) is 9.59 Å². The highest BCUT2D eigenvalue weighted by Gasteiger charge is 2.21. The molecule has 0 unspecified atom stereocenters. The first-order chi connectivity index (χ1) is 11.3. The number of nitrogens with two attached hydrogens (primary N) is 1. The van der Waals surface area contributed by atoms with Crippen LogP contribution in [0.2, 0.25) is 0 Å². The fourth-order valence-corrected chi connectivity index (χ4v) is 2.33. The number of anilines is 2. The van der Waals surface area contributed by atoms with E-state index in [1.54, 1.807) is 37.4 Å². The lowest BCUT2D eigenvalue weighted by molar-refractivity contribution is -0.131. The van der Waals surface area contributed by atoms with E-state index in [4.69, 9.17) is 15.2 Å². The second-order valence-electron chi connectivity index (χ2n) is 5.35. The van der Waals surface area contributed by atoms with E-state index < -0.39 is 5.97 Å². The van der Waals surface area contributed by atoms with E-state index in [1.807, 2.05) is 13.0 Å². The fraction of sp³-hybridized carbons (Fsp3) is 0.222. The van der Waals surface area contributed by atoms with Gasteiger partial charge < -0.3 is 20.1 Å². The van der Waals surface area contributed by atoms with Gasteiger partial charge in [-0.05, 0) is 36.8 Å². The Labute approximate surface area is 140 Å². The van der Waals surface area contributed by atoms with Gasteiger partial charge in [-0.25, -0.2) is 0 Å². The Kier molecular flexibility index (Phi) is 5.08. The predicted octanol–water partition coefficient (Wildman–Crippen LogP) is 2.79. The molecule has 0 heterocycles. The maximum Gasteiger partial charge on any atom is 0.308 e. The van der Waals surface area contributed by atoms with Gasteiger partial charge in [0, 0.05) is 14.0 Å². The predicted molar refractivity (Wildman–Crippen MR) is 92.6 cm³/mol. The van der Waals surface area contributed by atoms with Gasteiger partial charge in [-0.3, -0.25) is 9.59 Å². The van der Waals surface area contributed by atoms with E-state index in [-0.39, 0.29) is 11.6 Å². The fourth-order valence-electron chi connectivity index (χ4n) is 2.33. The van der Waals surface area contributed by atoms with Crippen molar-refractivity contribution in [1.82, 2.24) is 0 Å². The Balaban J connectivity index is 2.43. The summed E-state index contributed by atoms with van der Waals surface area (Å²) >= 11 is 0. The lowest BCUT2D eigenvalue weighted by Crippen LogP contribution is -2.28. The molecule has 2 N–H and O–H groups in total. The summed E-state index contributed by atoms with van der Waals surface area (Å²) in [5.41, 5.74) is 7.96. The smallest absolute Gasteiger partial charge is 0.308 e. The third kappa shape index (κ3) is 3.48. The highest BCUT2D eigenvalue weighted by atomic mass is 16.5. The van der Waals surface area contributed by atoms with E-state index in [2.05, 4.69) is 0 Å². The first-order valence-corrected chi connectivity index (χ1v) is 7.34. The Hall–Kier alpha value is -3.02. The topological polar surface area (TPSA) is 81.9 Å². The van der Waals surface area contributed by atoms with Gasteiger partial charge in [0.2, 0.25) is 0 Å². The van der Waals surface area contributed by atoms with Crippen molar-refractivity contribution in [2.75, 3.05) is 24.8 Å². The van der Waals surface area contributed by atoms with Crippen molar-refractivity contribution in [2.24, 2.45) is 0 Å².